The molecule has 2 aliphatic heterocycles. The number of fused-ring (bicyclic) bond motifs is 1. The number of quaternary nitrogens is 1. The van der Waals surface area contributed by atoms with Crippen LogP contribution >= 0.6 is 0 Å². The molecular formula is C21H25N4O3+. The van der Waals surface area contributed by atoms with Gasteiger partial charge in [-0.2, -0.15) is 0 Å². The standard InChI is InChI=1S/C21H24N4O3/c22-21(27)23-18-3-1-2-17(13-18)20(26)25-9-7-24(8-10-25)14-15-4-5-19-16(12-15)6-11-28-19/h1-5,12-13H,6-11,14H2,(H3,22,23,27)/p+1. The fourth-order valence-corrected chi connectivity index (χ4v) is 3.90. The van der Waals surface area contributed by atoms with Crippen LogP contribution < -0.4 is 20.7 Å². The van der Waals surface area contributed by atoms with Gasteiger partial charge < -0.3 is 25.6 Å². The van der Waals surface area contributed by atoms with Crippen molar-refractivity contribution in [2.45, 2.75) is 13.0 Å². The number of rotatable bonds is 4. The van der Waals surface area contributed by atoms with Gasteiger partial charge in [-0.3, -0.25) is 4.79 Å². The molecule has 2 aliphatic rings. The summed E-state index contributed by atoms with van der Waals surface area (Å²) in [6.07, 6.45) is 0.991. The number of primary amides is 1. The lowest BCUT2D eigenvalue weighted by Crippen LogP contribution is -3.13. The van der Waals surface area contributed by atoms with Crippen molar-refractivity contribution in [3.63, 3.8) is 0 Å². The van der Waals surface area contributed by atoms with Crippen LogP contribution in [-0.2, 0) is 13.0 Å². The van der Waals surface area contributed by atoms with Gasteiger partial charge in [0.1, 0.15) is 12.3 Å². The fourth-order valence-electron chi connectivity index (χ4n) is 3.90. The number of hydrogen-bond acceptors (Lipinski definition) is 3. The van der Waals surface area contributed by atoms with Crippen molar-refractivity contribution in [1.82, 2.24) is 4.90 Å². The van der Waals surface area contributed by atoms with Crippen LogP contribution in [0.15, 0.2) is 42.5 Å². The highest BCUT2D eigenvalue weighted by Gasteiger charge is 2.25. The van der Waals surface area contributed by atoms with Gasteiger partial charge in [-0.1, -0.05) is 6.07 Å². The third kappa shape index (κ3) is 4.09. The number of benzene rings is 2. The van der Waals surface area contributed by atoms with Crippen LogP contribution in [0.3, 0.4) is 0 Å². The third-order valence-corrected chi connectivity index (χ3v) is 5.34. The van der Waals surface area contributed by atoms with Gasteiger partial charge in [-0.25, -0.2) is 4.79 Å². The summed E-state index contributed by atoms with van der Waals surface area (Å²) in [5, 5.41) is 2.51. The third-order valence-electron chi connectivity index (χ3n) is 5.34. The Balaban J connectivity index is 1.33. The van der Waals surface area contributed by atoms with E-state index in [1.807, 2.05) is 4.90 Å². The molecule has 0 saturated carbocycles. The summed E-state index contributed by atoms with van der Waals surface area (Å²) >= 11 is 0. The van der Waals surface area contributed by atoms with E-state index in [0.717, 1.165) is 51.5 Å². The number of ether oxygens (including phenoxy) is 1. The van der Waals surface area contributed by atoms with Crippen LogP contribution in [0.5, 0.6) is 5.75 Å². The van der Waals surface area contributed by atoms with Gasteiger partial charge in [0.15, 0.2) is 0 Å². The Hall–Kier alpha value is -3.06. The first-order chi connectivity index (χ1) is 13.6. The molecule has 4 rings (SSSR count). The maximum atomic E-state index is 12.8. The van der Waals surface area contributed by atoms with E-state index in [1.165, 1.54) is 16.0 Å². The molecule has 2 aromatic carbocycles. The predicted molar refractivity (Wildman–Crippen MR) is 106 cm³/mol. The number of hydrogen-bond donors (Lipinski definition) is 3. The number of piperazine rings is 1. The van der Waals surface area contributed by atoms with Gasteiger partial charge in [0.2, 0.25) is 0 Å². The number of nitrogens with one attached hydrogen (secondary N) is 2. The van der Waals surface area contributed by atoms with E-state index in [0.29, 0.717) is 11.3 Å². The molecule has 3 amide bonds. The molecule has 7 nitrogen and oxygen atoms in total. The number of carbonyl (C=O) groups is 2. The Morgan fingerprint density at radius 1 is 1.14 bits per heavy atom. The average Bonchev–Trinajstić information content (AvgIpc) is 3.15. The highest BCUT2D eigenvalue weighted by Crippen LogP contribution is 2.25. The van der Waals surface area contributed by atoms with E-state index >= 15 is 0 Å². The summed E-state index contributed by atoms with van der Waals surface area (Å²) in [4.78, 5) is 27.2. The van der Waals surface area contributed by atoms with Crippen molar-refractivity contribution in [2.24, 2.45) is 5.73 Å². The van der Waals surface area contributed by atoms with E-state index in [-0.39, 0.29) is 5.91 Å². The molecule has 2 heterocycles. The molecule has 0 unspecified atom stereocenters. The molecule has 7 heteroatoms. The van der Waals surface area contributed by atoms with Crippen LogP contribution in [0, 0.1) is 0 Å². The van der Waals surface area contributed by atoms with Gasteiger partial charge in [-0.05, 0) is 42.0 Å². The number of carbonyl (C=O) groups excluding carboxylic acids is 2. The first-order valence-electron chi connectivity index (χ1n) is 9.62. The van der Waals surface area contributed by atoms with Gasteiger partial charge in [0.05, 0.1) is 32.8 Å². The zero-order valence-corrected chi connectivity index (χ0v) is 15.7. The van der Waals surface area contributed by atoms with Gasteiger partial charge in [0, 0.05) is 23.2 Å². The lowest BCUT2D eigenvalue weighted by atomic mass is 10.1. The number of urea groups is 1. The topological polar surface area (TPSA) is 89.1 Å². The Bertz CT molecular complexity index is 891. The van der Waals surface area contributed by atoms with Gasteiger partial charge in [-0.15, -0.1) is 0 Å². The first kappa shape index (κ1) is 18.3. The fraction of sp³-hybridized carbons (Fsp3) is 0.333. The van der Waals surface area contributed by atoms with E-state index in [2.05, 4.69) is 23.5 Å². The highest BCUT2D eigenvalue weighted by molar-refractivity contribution is 5.96. The number of nitrogens with two attached hydrogens (primary N) is 1. The van der Waals surface area contributed by atoms with Crippen molar-refractivity contribution in [3.8, 4) is 5.75 Å². The summed E-state index contributed by atoms with van der Waals surface area (Å²) in [6.45, 7) is 5.01. The molecule has 0 aromatic heterocycles. The molecule has 0 radical (unpaired) electrons. The smallest absolute Gasteiger partial charge is 0.316 e. The van der Waals surface area contributed by atoms with Crippen LogP contribution in [0.1, 0.15) is 21.5 Å². The predicted octanol–water partition coefficient (Wildman–Crippen LogP) is 0.653. The molecule has 2 aromatic rings. The second-order valence-electron chi connectivity index (χ2n) is 7.33. The van der Waals surface area contributed by atoms with Crippen molar-refractivity contribution >= 4 is 17.6 Å². The minimum atomic E-state index is -0.639. The largest absolute Gasteiger partial charge is 0.493 e. The Kier molecular flexibility index (Phi) is 5.16. The maximum Gasteiger partial charge on any atom is 0.316 e. The summed E-state index contributed by atoms with van der Waals surface area (Å²) in [6, 6.07) is 12.7. The van der Waals surface area contributed by atoms with Crippen molar-refractivity contribution in [2.75, 3.05) is 38.1 Å². The lowest BCUT2D eigenvalue weighted by molar-refractivity contribution is -0.917. The summed E-state index contributed by atoms with van der Waals surface area (Å²) in [5.74, 6) is 1.00. The molecule has 28 heavy (non-hydrogen) atoms. The molecule has 4 N–H and O–H groups in total. The van der Waals surface area contributed by atoms with E-state index in [1.54, 1.807) is 24.3 Å². The highest BCUT2D eigenvalue weighted by atomic mass is 16.5. The lowest BCUT2D eigenvalue weighted by Gasteiger charge is -2.32. The second kappa shape index (κ2) is 7.90. The molecular weight excluding hydrogens is 356 g/mol. The summed E-state index contributed by atoms with van der Waals surface area (Å²) in [7, 11) is 0. The second-order valence-corrected chi connectivity index (χ2v) is 7.33. The van der Waals surface area contributed by atoms with Crippen LogP contribution in [-0.4, -0.2) is 49.6 Å². The first-order valence-corrected chi connectivity index (χ1v) is 9.62. The van der Waals surface area contributed by atoms with Crippen molar-refractivity contribution in [3.05, 3.63) is 59.2 Å². The molecule has 1 fully saturated rings. The van der Waals surface area contributed by atoms with E-state index < -0.39 is 6.03 Å². The molecule has 0 aliphatic carbocycles. The molecule has 146 valence electrons. The maximum absolute atomic E-state index is 12.8. The minimum Gasteiger partial charge on any atom is -0.493 e. The monoisotopic (exact) mass is 381 g/mol. The van der Waals surface area contributed by atoms with Gasteiger partial charge in [0.25, 0.3) is 5.91 Å². The SMILES string of the molecule is NC(=O)Nc1cccc(C(=O)N2CC[NH+](Cc3ccc4c(c3)CCO4)CC2)c1. The van der Waals surface area contributed by atoms with Crippen LogP contribution in [0.2, 0.25) is 0 Å². The van der Waals surface area contributed by atoms with Crippen molar-refractivity contribution in [1.29, 1.82) is 0 Å². The van der Waals surface area contributed by atoms with E-state index in [4.69, 9.17) is 10.5 Å². The Morgan fingerprint density at radius 3 is 2.75 bits per heavy atom. The normalized spacial score (nSPS) is 16.4. The quantitative estimate of drug-likeness (QED) is 0.727. The zero-order chi connectivity index (χ0) is 19.5. The Morgan fingerprint density at radius 2 is 1.96 bits per heavy atom. The van der Waals surface area contributed by atoms with Crippen LogP contribution in [0.4, 0.5) is 10.5 Å². The molecule has 0 spiro atoms. The molecule has 1 saturated heterocycles. The van der Waals surface area contributed by atoms with Gasteiger partial charge >= 0.3 is 6.03 Å². The molecule has 0 bridgehead atoms. The zero-order valence-electron chi connectivity index (χ0n) is 15.7. The van der Waals surface area contributed by atoms with Crippen molar-refractivity contribution < 1.29 is 19.2 Å². The number of nitrogens with zero attached hydrogens (tertiary/aromatic N) is 1. The van der Waals surface area contributed by atoms with Crippen LogP contribution in [0.25, 0.3) is 0 Å². The Labute approximate surface area is 164 Å². The summed E-state index contributed by atoms with van der Waals surface area (Å²) < 4.78 is 5.57. The minimum absolute atomic E-state index is 0.0122. The van der Waals surface area contributed by atoms with E-state index in [9.17, 15) is 9.59 Å². The number of anilines is 1. The summed E-state index contributed by atoms with van der Waals surface area (Å²) in [5.41, 5.74) is 8.87. The average molecular weight is 381 g/mol. The molecule has 0 atom stereocenters. The number of amides is 3.